The molecular weight excluding hydrogens is 286 g/mol. The number of hydrogen-bond donors (Lipinski definition) is 1. The smallest absolute Gasteiger partial charge is 0.294 e. The molecular formula is C11H10BrN3O2. The first-order valence-electron chi connectivity index (χ1n) is 4.94. The third-order valence-electron chi connectivity index (χ3n) is 2.10. The second-order valence-electron chi connectivity index (χ2n) is 3.44. The van der Waals surface area contributed by atoms with E-state index in [-0.39, 0.29) is 11.7 Å². The summed E-state index contributed by atoms with van der Waals surface area (Å²) < 4.78 is 5.93. The molecule has 17 heavy (non-hydrogen) atoms. The molecule has 0 spiro atoms. The van der Waals surface area contributed by atoms with Gasteiger partial charge in [-0.25, -0.2) is 9.97 Å². The van der Waals surface area contributed by atoms with Crippen molar-refractivity contribution in [3.8, 4) is 0 Å². The van der Waals surface area contributed by atoms with Crippen LogP contribution in [0.15, 0.2) is 27.2 Å². The number of hydrogen-bond acceptors (Lipinski definition) is 4. The summed E-state index contributed by atoms with van der Waals surface area (Å²) in [6.07, 6.45) is 1.60. The van der Waals surface area contributed by atoms with Crippen LogP contribution in [-0.4, -0.2) is 15.9 Å². The molecule has 1 amide bonds. The average molecular weight is 296 g/mol. The Morgan fingerprint density at radius 1 is 1.47 bits per heavy atom. The molecule has 0 unspecified atom stereocenters. The first-order valence-corrected chi connectivity index (χ1v) is 5.73. The van der Waals surface area contributed by atoms with Crippen LogP contribution in [0.3, 0.4) is 0 Å². The molecule has 0 saturated heterocycles. The lowest BCUT2D eigenvalue weighted by atomic mass is 10.3. The van der Waals surface area contributed by atoms with Crippen molar-refractivity contribution < 1.29 is 9.21 Å². The maximum Gasteiger partial charge on any atom is 0.294 e. The molecule has 2 heterocycles. The van der Waals surface area contributed by atoms with Gasteiger partial charge in [0, 0.05) is 13.1 Å². The van der Waals surface area contributed by atoms with Crippen molar-refractivity contribution in [2.75, 3.05) is 5.32 Å². The van der Waals surface area contributed by atoms with Crippen molar-refractivity contribution in [3.63, 3.8) is 0 Å². The Morgan fingerprint density at radius 3 is 2.82 bits per heavy atom. The lowest BCUT2D eigenvalue weighted by Crippen LogP contribution is -2.13. The molecule has 0 aliphatic heterocycles. The van der Waals surface area contributed by atoms with Crippen molar-refractivity contribution in [3.05, 3.63) is 40.1 Å². The number of nitrogens with zero attached hydrogens (tertiary/aromatic N) is 2. The number of aromatic nitrogens is 2. The molecule has 0 aromatic carbocycles. The van der Waals surface area contributed by atoms with Gasteiger partial charge in [0.1, 0.15) is 5.82 Å². The molecule has 1 N–H and O–H groups in total. The van der Waals surface area contributed by atoms with E-state index in [0.29, 0.717) is 21.9 Å². The van der Waals surface area contributed by atoms with Crippen molar-refractivity contribution in [2.24, 2.45) is 0 Å². The van der Waals surface area contributed by atoms with E-state index in [0.717, 1.165) is 0 Å². The Labute approximate surface area is 106 Å². The van der Waals surface area contributed by atoms with E-state index in [2.05, 4.69) is 31.2 Å². The summed E-state index contributed by atoms with van der Waals surface area (Å²) in [5.41, 5.74) is 0.562. The Kier molecular flexibility index (Phi) is 3.23. The van der Waals surface area contributed by atoms with Gasteiger partial charge in [0.15, 0.2) is 5.89 Å². The topological polar surface area (TPSA) is 68.0 Å². The van der Waals surface area contributed by atoms with Gasteiger partial charge in [0.2, 0.25) is 5.76 Å². The number of halogens is 1. The molecule has 2 rings (SSSR count). The summed E-state index contributed by atoms with van der Waals surface area (Å²) >= 11 is 3.30. The largest absolute Gasteiger partial charge is 0.436 e. The molecule has 0 radical (unpaired) electrons. The first kappa shape index (κ1) is 11.8. The number of pyridine rings is 1. The second kappa shape index (κ2) is 4.67. The molecule has 6 heteroatoms. The van der Waals surface area contributed by atoms with E-state index in [4.69, 9.17) is 4.42 Å². The number of carbonyl (C=O) groups is 1. The number of amides is 1. The lowest BCUT2D eigenvalue weighted by Gasteiger charge is -2.03. The number of nitrogens with one attached hydrogen (secondary N) is 1. The summed E-state index contributed by atoms with van der Waals surface area (Å²) in [6.45, 7) is 3.42. The fourth-order valence-electron chi connectivity index (χ4n) is 1.38. The zero-order chi connectivity index (χ0) is 12.4. The highest BCUT2D eigenvalue weighted by Crippen LogP contribution is 2.19. The van der Waals surface area contributed by atoms with Crippen LogP contribution in [-0.2, 0) is 0 Å². The molecule has 2 aromatic rings. The minimum Gasteiger partial charge on any atom is -0.436 e. The molecule has 88 valence electrons. The first-order chi connectivity index (χ1) is 8.08. The maximum absolute atomic E-state index is 11.9. The van der Waals surface area contributed by atoms with Crippen molar-refractivity contribution in [1.29, 1.82) is 0 Å². The van der Waals surface area contributed by atoms with Crippen molar-refractivity contribution in [1.82, 2.24) is 9.97 Å². The Bertz CT molecular complexity index is 566. The van der Waals surface area contributed by atoms with E-state index >= 15 is 0 Å². The molecule has 0 aliphatic rings. The summed E-state index contributed by atoms with van der Waals surface area (Å²) in [5, 5.41) is 2.65. The fourth-order valence-corrected chi connectivity index (χ4v) is 1.74. The van der Waals surface area contributed by atoms with Crippen LogP contribution in [0, 0.1) is 13.8 Å². The van der Waals surface area contributed by atoms with E-state index in [1.54, 1.807) is 32.2 Å². The van der Waals surface area contributed by atoms with Crippen LogP contribution in [0.2, 0.25) is 0 Å². The van der Waals surface area contributed by atoms with Gasteiger partial charge in [-0.05, 0) is 35.0 Å². The van der Waals surface area contributed by atoms with Crippen LogP contribution in [0.4, 0.5) is 5.82 Å². The summed E-state index contributed by atoms with van der Waals surface area (Å²) in [7, 11) is 0. The number of rotatable bonds is 2. The van der Waals surface area contributed by atoms with Gasteiger partial charge in [0.05, 0.1) is 10.2 Å². The highest BCUT2D eigenvalue weighted by Gasteiger charge is 2.17. The molecule has 0 aliphatic carbocycles. The van der Waals surface area contributed by atoms with Crippen LogP contribution in [0.5, 0.6) is 0 Å². The van der Waals surface area contributed by atoms with E-state index in [1.165, 1.54) is 0 Å². The van der Waals surface area contributed by atoms with E-state index < -0.39 is 0 Å². The predicted octanol–water partition coefficient (Wildman–Crippen LogP) is 2.70. The average Bonchev–Trinajstić information content (AvgIpc) is 2.61. The van der Waals surface area contributed by atoms with Crippen LogP contribution >= 0.6 is 15.9 Å². The summed E-state index contributed by atoms with van der Waals surface area (Å²) in [6, 6.07) is 3.56. The standard InChI is InChI=1S/C11H10BrN3O2/c1-6-9(17-7(2)14-6)11(16)15-10-8(12)4-3-5-13-10/h3-5H,1-2H3,(H,13,15,16). The van der Waals surface area contributed by atoms with Gasteiger partial charge in [-0.2, -0.15) is 0 Å². The van der Waals surface area contributed by atoms with E-state index in [9.17, 15) is 4.79 Å². The third kappa shape index (κ3) is 2.52. The van der Waals surface area contributed by atoms with Gasteiger partial charge in [-0.1, -0.05) is 0 Å². The lowest BCUT2D eigenvalue weighted by molar-refractivity contribution is 0.0994. The maximum atomic E-state index is 11.9. The second-order valence-corrected chi connectivity index (χ2v) is 4.29. The number of carbonyl (C=O) groups excluding carboxylic acids is 1. The fraction of sp³-hybridized carbons (Fsp3) is 0.182. The minimum absolute atomic E-state index is 0.208. The van der Waals surface area contributed by atoms with Gasteiger partial charge < -0.3 is 9.73 Å². The molecule has 0 atom stereocenters. The minimum atomic E-state index is -0.359. The normalized spacial score (nSPS) is 10.3. The van der Waals surface area contributed by atoms with Gasteiger partial charge in [-0.3, -0.25) is 4.79 Å². The summed E-state index contributed by atoms with van der Waals surface area (Å²) in [4.78, 5) is 20.0. The third-order valence-corrected chi connectivity index (χ3v) is 2.74. The summed E-state index contributed by atoms with van der Waals surface area (Å²) in [5.74, 6) is 0.765. The number of aryl methyl sites for hydroxylation is 2. The van der Waals surface area contributed by atoms with Crippen molar-refractivity contribution >= 4 is 27.7 Å². The van der Waals surface area contributed by atoms with Gasteiger partial charge in [-0.15, -0.1) is 0 Å². The Hall–Kier alpha value is -1.69. The van der Waals surface area contributed by atoms with Crippen molar-refractivity contribution in [2.45, 2.75) is 13.8 Å². The van der Waals surface area contributed by atoms with Gasteiger partial charge in [0.25, 0.3) is 5.91 Å². The molecule has 5 nitrogen and oxygen atoms in total. The van der Waals surface area contributed by atoms with E-state index in [1.807, 2.05) is 0 Å². The Balaban J connectivity index is 2.23. The van der Waals surface area contributed by atoms with Crippen LogP contribution in [0.1, 0.15) is 22.1 Å². The van der Waals surface area contributed by atoms with Crippen LogP contribution in [0.25, 0.3) is 0 Å². The zero-order valence-corrected chi connectivity index (χ0v) is 10.9. The Morgan fingerprint density at radius 2 is 2.24 bits per heavy atom. The zero-order valence-electron chi connectivity index (χ0n) is 9.32. The quantitative estimate of drug-likeness (QED) is 0.925. The number of oxazole rings is 1. The SMILES string of the molecule is Cc1nc(C)c(C(=O)Nc2ncccc2Br)o1. The molecule has 0 bridgehead atoms. The molecule has 2 aromatic heterocycles. The van der Waals surface area contributed by atoms with Crippen LogP contribution < -0.4 is 5.32 Å². The number of anilines is 1. The highest BCUT2D eigenvalue weighted by atomic mass is 79.9. The highest BCUT2D eigenvalue weighted by molar-refractivity contribution is 9.10. The molecule has 0 saturated carbocycles. The monoisotopic (exact) mass is 295 g/mol. The predicted molar refractivity (Wildman–Crippen MR) is 65.9 cm³/mol. The molecule has 0 fully saturated rings. The van der Waals surface area contributed by atoms with Gasteiger partial charge >= 0.3 is 0 Å².